The smallest absolute Gasteiger partial charge is 0.328 e. The van der Waals surface area contributed by atoms with Gasteiger partial charge in [0.2, 0.25) is 0 Å². The normalized spacial score (nSPS) is 9.68. The lowest BCUT2D eigenvalue weighted by Crippen LogP contribution is -2.48. The molecule has 2 rings (SSSR count). The van der Waals surface area contributed by atoms with Crippen molar-refractivity contribution in [2.24, 2.45) is 0 Å². The number of methoxy groups -OCH3 is 1. The second-order valence-corrected chi connectivity index (χ2v) is 5.49. The molecule has 2 aromatic rings. The Labute approximate surface area is 150 Å². The first-order chi connectivity index (χ1) is 12.0. The number of hydrazine groups is 1. The Morgan fingerprint density at radius 2 is 1.40 bits per heavy atom. The van der Waals surface area contributed by atoms with Gasteiger partial charge in [-0.1, -0.05) is 17.7 Å². The van der Waals surface area contributed by atoms with E-state index in [4.69, 9.17) is 17.0 Å². The molecule has 7 nitrogen and oxygen atoms in total. The van der Waals surface area contributed by atoms with Crippen molar-refractivity contribution in [2.75, 3.05) is 17.7 Å². The van der Waals surface area contributed by atoms with Gasteiger partial charge >= 0.3 is 11.8 Å². The fourth-order valence-electron chi connectivity index (χ4n) is 1.83. The zero-order chi connectivity index (χ0) is 18.2. The third-order valence-corrected chi connectivity index (χ3v) is 3.36. The molecule has 0 heterocycles. The van der Waals surface area contributed by atoms with Gasteiger partial charge in [0.1, 0.15) is 5.75 Å². The standard InChI is InChI=1S/C17H18N4O3S/c1-11-3-5-12(6-4-11)18-15(22)16(23)20-21-17(25)19-13-7-9-14(24-2)10-8-13/h3-10H,1-2H3,(H,18,22)(H,20,23)(H2,19,21,25). The molecule has 0 aliphatic carbocycles. The van der Waals surface area contributed by atoms with Crippen LogP contribution in [0.5, 0.6) is 5.75 Å². The van der Waals surface area contributed by atoms with Crippen molar-refractivity contribution in [1.82, 2.24) is 10.9 Å². The van der Waals surface area contributed by atoms with E-state index in [9.17, 15) is 9.59 Å². The number of ether oxygens (including phenoxy) is 1. The van der Waals surface area contributed by atoms with E-state index >= 15 is 0 Å². The van der Waals surface area contributed by atoms with Crippen LogP contribution in [0.15, 0.2) is 48.5 Å². The van der Waals surface area contributed by atoms with Crippen LogP contribution in [0.25, 0.3) is 0 Å². The summed E-state index contributed by atoms with van der Waals surface area (Å²) >= 11 is 5.05. The lowest BCUT2D eigenvalue weighted by atomic mass is 10.2. The summed E-state index contributed by atoms with van der Waals surface area (Å²) in [5.41, 5.74) is 6.98. The van der Waals surface area contributed by atoms with Gasteiger partial charge in [-0.05, 0) is 55.5 Å². The van der Waals surface area contributed by atoms with Gasteiger partial charge in [0, 0.05) is 11.4 Å². The molecule has 0 aliphatic heterocycles. The van der Waals surface area contributed by atoms with Crippen LogP contribution >= 0.6 is 12.2 Å². The Morgan fingerprint density at radius 1 is 0.840 bits per heavy atom. The highest BCUT2D eigenvalue weighted by molar-refractivity contribution is 7.80. The third-order valence-electron chi connectivity index (χ3n) is 3.15. The molecule has 0 fully saturated rings. The predicted octanol–water partition coefficient (Wildman–Crippen LogP) is 1.96. The number of hydrogen-bond acceptors (Lipinski definition) is 4. The van der Waals surface area contributed by atoms with Crippen molar-refractivity contribution in [3.05, 3.63) is 54.1 Å². The van der Waals surface area contributed by atoms with Crippen molar-refractivity contribution < 1.29 is 14.3 Å². The summed E-state index contributed by atoms with van der Waals surface area (Å²) in [7, 11) is 1.58. The predicted molar refractivity (Wildman–Crippen MR) is 100 cm³/mol. The number of amides is 2. The largest absolute Gasteiger partial charge is 0.497 e. The Hall–Kier alpha value is -3.13. The highest BCUT2D eigenvalue weighted by Gasteiger charge is 2.13. The molecular formula is C17H18N4O3S. The number of carbonyl (C=O) groups excluding carboxylic acids is 2. The van der Waals surface area contributed by atoms with E-state index in [1.54, 1.807) is 43.5 Å². The number of nitrogens with one attached hydrogen (secondary N) is 4. The van der Waals surface area contributed by atoms with Crippen molar-refractivity contribution in [1.29, 1.82) is 0 Å². The first-order valence-electron chi connectivity index (χ1n) is 7.37. The van der Waals surface area contributed by atoms with Gasteiger partial charge in [-0.2, -0.15) is 0 Å². The zero-order valence-electron chi connectivity index (χ0n) is 13.8. The quantitative estimate of drug-likeness (QED) is 0.381. The molecule has 4 N–H and O–H groups in total. The van der Waals surface area contributed by atoms with Gasteiger partial charge in [0.05, 0.1) is 7.11 Å². The second-order valence-electron chi connectivity index (χ2n) is 5.08. The summed E-state index contributed by atoms with van der Waals surface area (Å²) in [4.78, 5) is 23.6. The summed E-state index contributed by atoms with van der Waals surface area (Å²) in [6, 6.07) is 14.1. The lowest BCUT2D eigenvalue weighted by Gasteiger charge is -2.12. The van der Waals surface area contributed by atoms with E-state index in [2.05, 4.69) is 21.5 Å². The van der Waals surface area contributed by atoms with Crippen molar-refractivity contribution in [2.45, 2.75) is 6.92 Å². The van der Waals surface area contributed by atoms with Gasteiger partial charge in [0.25, 0.3) is 0 Å². The van der Waals surface area contributed by atoms with E-state index in [0.717, 1.165) is 5.56 Å². The first-order valence-corrected chi connectivity index (χ1v) is 7.78. The molecule has 25 heavy (non-hydrogen) atoms. The average molecular weight is 358 g/mol. The maximum Gasteiger partial charge on any atom is 0.328 e. The first kappa shape index (κ1) is 18.2. The van der Waals surface area contributed by atoms with Crippen LogP contribution in [0, 0.1) is 6.92 Å². The minimum absolute atomic E-state index is 0.140. The van der Waals surface area contributed by atoms with E-state index in [1.165, 1.54) is 0 Å². The molecule has 8 heteroatoms. The Bertz CT molecular complexity index is 760. The number of carbonyl (C=O) groups is 2. The minimum atomic E-state index is -0.862. The van der Waals surface area contributed by atoms with E-state index in [1.807, 2.05) is 19.1 Å². The number of aryl methyl sites for hydroxylation is 1. The lowest BCUT2D eigenvalue weighted by molar-refractivity contribution is -0.136. The second kappa shape index (κ2) is 8.65. The number of anilines is 2. The van der Waals surface area contributed by atoms with Gasteiger partial charge in [-0.15, -0.1) is 0 Å². The van der Waals surface area contributed by atoms with Crippen LogP contribution in [0.4, 0.5) is 11.4 Å². The van der Waals surface area contributed by atoms with Crippen LogP contribution in [-0.4, -0.2) is 24.0 Å². The molecular weight excluding hydrogens is 340 g/mol. The third kappa shape index (κ3) is 5.78. The van der Waals surface area contributed by atoms with Crippen LogP contribution in [0.1, 0.15) is 5.56 Å². The Kier molecular flexibility index (Phi) is 6.30. The highest BCUT2D eigenvalue weighted by Crippen LogP contribution is 2.14. The number of thiocarbonyl (C=S) groups is 1. The van der Waals surface area contributed by atoms with Gasteiger partial charge in [-0.3, -0.25) is 20.4 Å². The topological polar surface area (TPSA) is 91.5 Å². The molecule has 0 aromatic heterocycles. The van der Waals surface area contributed by atoms with E-state index in [0.29, 0.717) is 17.1 Å². The molecule has 0 spiro atoms. The molecule has 130 valence electrons. The van der Waals surface area contributed by atoms with Crippen LogP contribution in [0.3, 0.4) is 0 Å². The van der Waals surface area contributed by atoms with Crippen LogP contribution in [0.2, 0.25) is 0 Å². The Balaban J connectivity index is 1.78. The van der Waals surface area contributed by atoms with Crippen molar-refractivity contribution >= 4 is 40.5 Å². The monoisotopic (exact) mass is 358 g/mol. The fraction of sp³-hybridized carbons (Fsp3) is 0.118. The zero-order valence-corrected chi connectivity index (χ0v) is 14.6. The summed E-state index contributed by atoms with van der Waals surface area (Å²) in [5.74, 6) is -0.950. The molecule has 0 atom stereocenters. The maximum absolute atomic E-state index is 11.8. The summed E-state index contributed by atoms with van der Waals surface area (Å²) in [6.45, 7) is 1.93. The average Bonchev–Trinajstić information content (AvgIpc) is 2.62. The van der Waals surface area contributed by atoms with Crippen LogP contribution in [-0.2, 0) is 9.59 Å². The summed E-state index contributed by atoms with van der Waals surface area (Å²) in [5, 5.41) is 5.49. The fourth-order valence-corrected chi connectivity index (χ4v) is 2.00. The molecule has 0 saturated carbocycles. The highest BCUT2D eigenvalue weighted by atomic mass is 32.1. The van der Waals surface area contributed by atoms with Gasteiger partial charge in [0.15, 0.2) is 5.11 Å². The molecule has 2 amide bonds. The number of hydrogen-bond donors (Lipinski definition) is 4. The number of benzene rings is 2. The SMILES string of the molecule is COc1ccc(NC(=S)NNC(=O)C(=O)Nc2ccc(C)cc2)cc1. The molecule has 0 unspecified atom stereocenters. The number of rotatable bonds is 3. The van der Waals surface area contributed by atoms with Crippen molar-refractivity contribution in [3.63, 3.8) is 0 Å². The summed E-state index contributed by atoms with van der Waals surface area (Å²) in [6.07, 6.45) is 0. The molecule has 0 aliphatic rings. The summed E-state index contributed by atoms with van der Waals surface area (Å²) < 4.78 is 5.06. The molecule has 2 aromatic carbocycles. The molecule has 0 saturated heterocycles. The molecule has 0 radical (unpaired) electrons. The van der Waals surface area contributed by atoms with Crippen molar-refractivity contribution in [3.8, 4) is 5.75 Å². The van der Waals surface area contributed by atoms with E-state index in [-0.39, 0.29) is 5.11 Å². The molecule has 0 bridgehead atoms. The van der Waals surface area contributed by atoms with Crippen LogP contribution < -0.4 is 26.2 Å². The van der Waals surface area contributed by atoms with E-state index < -0.39 is 11.8 Å². The van der Waals surface area contributed by atoms with Gasteiger partial charge < -0.3 is 15.4 Å². The minimum Gasteiger partial charge on any atom is -0.497 e. The van der Waals surface area contributed by atoms with Gasteiger partial charge in [-0.25, -0.2) is 0 Å². The Morgan fingerprint density at radius 3 is 2.00 bits per heavy atom. The maximum atomic E-state index is 11.8.